The molecular weight excluding hydrogens is 393 g/mol. The Morgan fingerprint density at radius 3 is 2.42 bits per heavy atom. The number of nitrogens with one attached hydrogen (secondary N) is 1. The minimum absolute atomic E-state index is 0.0217. The number of carbonyl (C=O) groups is 1. The molecule has 1 amide bonds. The van der Waals surface area contributed by atoms with E-state index in [0.717, 1.165) is 79.9 Å². The van der Waals surface area contributed by atoms with Crippen molar-refractivity contribution >= 4 is 11.7 Å². The van der Waals surface area contributed by atoms with Gasteiger partial charge in [0.1, 0.15) is 5.82 Å². The number of rotatable bonds is 4. The van der Waals surface area contributed by atoms with Crippen molar-refractivity contribution in [1.82, 2.24) is 20.4 Å². The number of hydrogen-bond acceptors (Lipinski definition) is 5. The van der Waals surface area contributed by atoms with Crippen molar-refractivity contribution in [3.63, 3.8) is 0 Å². The largest absolute Gasteiger partial charge is 0.355 e. The summed E-state index contributed by atoms with van der Waals surface area (Å²) in [6, 6.07) is 6.62. The standard InChI is InChI=1S/C24H32FN5O/c1-16-17(2)23(28-27-22(16)18-7-9-19(25)10-8-18)30-14-11-20(12-15-30)29(3)24(31)21-6-4-5-13-26-21/h7-10,20-21,26H,4-6,11-15H2,1-3H3. The number of likely N-dealkylation sites (N-methyl/N-ethyl adjacent to an activating group) is 1. The third-order valence-corrected chi connectivity index (χ3v) is 6.88. The van der Waals surface area contributed by atoms with E-state index in [4.69, 9.17) is 0 Å². The van der Waals surface area contributed by atoms with E-state index in [-0.39, 0.29) is 23.8 Å². The van der Waals surface area contributed by atoms with Crippen LogP contribution >= 0.6 is 0 Å². The van der Waals surface area contributed by atoms with Gasteiger partial charge in [-0.2, -0.15) is 0 Å². The topological polar surface area (TPSA) is 61.4 Å². The van der Waals surface area contributed by atoms with Crippen LogP contribution in [0.3, 0.4) is 0 Å². The van der Waals surface area contributed by atoms with Gasteiger partial charge in [0.05, 0.1) is 11.7 Å². The fraction of sp³-hybridized carbons (Fsp3) is 0.542. The number of aromatic nitrogens is 2. The zero-order chi connectivity index (χ0) is 22.0. The number of benzene rings is 1. The highest BCUT2D eigenvalue weighted by Crippen LogP contribution is 2.30. The summed E-state index contributed by atoms with van der Waals surface area (Å²) < 4.78 is 13.3. The predicted molar refractivity (Wildman–Crippen MR) is 121 cm³/mol. The Morgan fingerprint density at radius 1 is 1.06 bits per heavy atom. The maximum atomic E-state index is 13.3. The molecule has 1 atom stereocenters. The van der Waals surface area contributed by atoms with Gasteiger partial charge in [-0.1, -0.05) is 6.42 Å². The number of carbonyl (C=O) groups excluding carboxylic acids is 1. The monoisotopic (exact) mass is 425 g/mol. The van der Waals surface area contributed by atoms with Gasteiger partial charge in [0.15, 0.2) is 5.82 Å². The van der Waals surface area contributed by atoms with Crippen molar-refractivity contribution in [2.75, 3.05) is 31.6 Å². The molecule has 3 heterocycles. The highest BCUT2D eigenvalue weighted by Gasteiger charge is 2.31. The first-order valence-electron chi connectivity index (χ1n) is 11.3. The fourth-order valence-electron chi connectivity index (χ4n) is 4.73. The minimum Gasteiger partial charge on any atom is -0.355 e. The third kappa shape index (κ3) is 4.56. The van der Waals surface area contributed by atoms with Crippen LogP contribution in [0.25, 0.3) is 11.3 Å². The van der Waals surface area contributed by atoms with Crippen LogP contribution in [0.2, 0.25) is 0 Å². The Bertz CT molecular complexity index is 918. The van der Waals surface area contributed by atoms with Gasteiger partial charge in [-0.05, 0) is 81.5 Å². The molecule has 2 aromatic rings. The Kier molecular flexibility index (Phi) is 6.51. The normalized spacial score (nSPS) is 20.0. The molecule has 166 valence electrons. The summed E-state index contributed by atoms with van der Waals surface area (Å²) >= 11 is 0. The summed E-state index contributed by atoms with van der Waals surface area (Å²) in [5.41, 5.74) is 3.83. The Hall–Kier alpha value is -2.54. The quantitative estimate of drug-likeness (QED) is 0.813. The fourth-order valence-corrected chi connectivity index (χ4v) is 4.73. The summed E-state index contributed by atoms with van der Waals surface area (Å²) in [5, 5.41) is 12.4. The SMILES string of the molecule is Cc1c(-c2ccc(F)cc2)nnc(N2CCC(N(C)C(=O)C3CCCCN3)CC2)c1C. The van der Waals surface area contributed by atoms with Gasteiger partial charge in [0.25, 0.3) is 0 Å². The summed E-state index contributed by atoms with van der Waals surface area (Å²) in [6.07, 6.45) is 5.08. The van der Waals surface area contributed by atoms with Crippen molar-refractivity contribution in [3.05, 3.63) is 41.2 Å². The van der Waals surface area contributed by atoms with Gasteiger partial charge in [-0.15, -0.1) is 10.2 Å². The van der Waals surface area contributed by atoms with Gasteiger partial charge in [0.2, 0.25) is 5.91 Å². The molecule has 1 unspecified atom stereocenters. The van der Waals surface area contributed by atoms with Crippen molar-refractivity contribution in [3.8, 4) is 11.3 Å². The van der Waals surface area contributed by atoms with E-state index in [2.05, 4.69) is 27.3 Å². The molecule has 6 nitrogen and oxygen atoms in total. The number of piperidine rings is 2. The lowest BCUT2D eigenvalue weighted by Crippen LogP contribution is -2.53. The predicted octanol–water partition coefficient (Wildman–Crippen LogP) is 3.47. The number of anilines is 1. The van der Waals surface area contributed by atoms with E-state index in [1.54, 1.807) is 12.1 Å². The molecule has 1 aromatic heterocycles. The van der Waals surface area contributed by atoms with Crippen molar-refractivity contribution in [2.45, 2.75) is 58.0 Å². The van der Waals surface area contributed by atoms with Gasteiger partial charge in [-0.3, -0.25) is 4.79 Å². The first kappa shape index (κ1) is 21.7. The van der Waals surface area contributed by atoms with E-state index >= 15 is 0 Å². The maximum Gasteiger partial charge on any atom is 0.239 e. The van der Waals surface area contributed by atoms with E-state index < -0.39 is 0 Å². The molecule has 0 aliphatic carbocycles. The second-order valence-electron chi connectivity index (χ2n) is 8.80. The molecule has 2 saturated heterocycles. The molecule has 1 aromatic carbocycles. The molecule has 0 saturated carbocycles. The lowest BCUT2D eigenvalue weighted by molar-refractivity contribution is -0.135. The highest BCUT2D eigenvalue weighted by molar-refractivity contribution is 5.82. The molecule has 2 fully saturated rings. The van der Waals surface area contributed by atoms with E-state index in [1.165, 1.54) is 12.1 Å². The van der Waals surface area contributed by atoms with Crippen molar-refractivity contribution < 1.29 is 9.18 Å². The number of amides is 1. The van der Waals surface area contributed by atoms with Crippen LogP contribution < -0.4 is 10.2 Å². The Balaban J connectivity index is 1.42. The summed E-state index contributed by atoms with van der Waals surface area (Å²) in [7, 11) is 1.95. The molecule has 1 N–H and O–H groups in total. The zero-order valence-corrected chi connectivity index (χ0v) is 18.7. The van der Waals surface area contributed by atoms with Gasteiger partial charge in [-0.25, -0.2) is 4.39 Å². The van der Waals surface area contributed by atoms with Crippen LogP contribution in [-0.2, 0) is 4.79 Å². The highest BCUT2D eigenvalue weighted by atomic mass is 19.1. The molecular formula is C24H32FN5O. The average Bonchev–Trinajstić information content (AvgIpc) is 2.81. The van der Waals surface area contributed by atoms with Crippen LogP contribution in [0.1, 0.15) is 43.2 Å². The molecule has 4 rings (SSSR count). The number of halogens is 1. The summed E-state index contributed by atoms with van der Waals surface area (Å²) in [6.45, 7) is 6.76. The minimum atomic E-state index is -0.256. The van der Waals surface area contributed by atoms with Gasteiger partial charge < -0.3 is 15.1 Å². The summed E-state index contributed by atoms with van der Waals surface area (Å²) in [4.78, 5) is 17.1. The Morgan fingerprint density at radius 2 is 1.77 bits per heavy atom. The molecule has 0 bridgehead atoms. The molecule has 7 heteroatoms. The van der Waals surface area contributed by atoms with Crippen LogP contribution in [0.5, 0.6) is 0 Å². The molecule has 2 aliphatic rings. The molecule has 0 radical (unpaired) electrons. The second kappa shape index (κ2) is 9.30. The molecule has 0 spiro atoms. The third-order valence-electron chi connectivity index (χ3n) is 6.88. The van der Waals surface area contributed by atoms with Crippen molar-refractivity contribution in [1.29, 1.82) is 0 Å². The summed E-state index contributed by atoms with van der Waals surface area (Å²) in [5.74, 6) is 0.881. The van der Waals surface area contributed by atoms with E-state index in [9.17, 15) is 9.18 Å². The molecule has 2 aliphatic heterocycles. The lowest BCUT2D eigenvalue weighted by Gasteiger charge is -2.39. The first-order valence-corrected chi connectivity index (χ1v) is 11.3. The van der Waals surface area contributed by atoms with Gasteiger partial charge >= 0.3 is 0 Å². The molecule has 31 heavy (non-hydrogen) atoms. The van der Waals surface area contributed by atoms with Crippen LogP contribution in [0, 0.1) is 19.7 Å². The van der Waals surface area contributed by atoms with Crippen LogP contribution in [-0.4, -0.2) is 59.8 Å². The van der Waals surface area contributed by atoms with Crippen molar-refractivity contribution in [2.24, 2.45) is 0 Å². The number of nitrogens with zero attached hydrogens (tertiary/aromatic N) is 4. The first-order chi connectivity index (χ1) is 15.0. The maximum absolute atomic E-state index is 13.3. The average molecular weight is 426 g/mol. The number of hydrogen-bond donors (Lipinski definition) is 1. The van der Waals surface area contributed by atoms with E-state index in [0.29, 0.717) is 0 Å². The van der Waals surface area contributed by atoms with Crippen LogP contribution in [0.15, 0.2) is 24.3 Å². The lowest BCUT2D eigenvalue weighted by atomic mass is 9.99. The zero-order valence-electron chi connectivity index (χ0n) is 18.7. The second-order valence-corrected chi connectivity index (χ2v) is 8.80. The smallest absolute Gasteiger partial charge is 0.239 e. The Labute approximate surface area is 183 Å². The van der Waals surface area contributed by atoms with Crippen LogP contribution in [0.4, 0.5) is 10.2 Å². The van der Waals surface area contributed by atoms with Gasteiger partial charge in [0, 0.05) is 31.7 Å². The van der Waals surface area contributed by atoms with E-state index in [1.807, 2.05) is 18.9 Å².